The molecule has 1 amide bonds. The van der Waals surface area contributed by atoms with E-state index in [1.165, 1.54) is 0 Å². The largest absolute Gasteiger partial charge is 0.508 e. The van der Waals surface area contributed by atoms with E-state index in [4.69, 9.17) is 14.5 Å². The van der Waals surface area contributed by atoms with Crippen molar-refractivity contribution in [2.75, 3.05) is 19.9 Å². The molecule has 7 heteroatoms. The summed E-state index contributed by atoms with van der Waals surface area (Å²) in [5.74, 6) is 2.52. The molecule has 190 valence electrons. The SMILES string of the molecule is C/C(=C\C(=Nc1ccc(-c2ccc3c(c2)OCO3)cc1C)SCc1ccc(O)cc1)C(=O)N1CCCC1. The van der Waals surface area contributed by atoms with Gasteiger partial charge in [0.05, 0.1) is 10.7 Å². The van der Waals surface area contributed by atoms with Gasteiger partial charge < -0.3 is 19.5 Å². The first kappa shape index (κ1) is 25.0. The molecule has 0 atom stereocenters. The highest BCUT2D eigenvalue weighted by Gasteiger charge is 2.19. The number of likely N-dealkylation sites (tertiary alicyclic amines) is 1. The van der Waals surface area contributed by atoms with E-state index in [2.05, 4.69) is 12.1 Å². The topological polar surface area (TPSA) is 71.4 Å². The summed E-state index contributed by atoms with van der Waals surface area (Å²) in [5.41, 5.74) is 5.78. The van der Waals surface area contributed by atoms with E-state index in [0.717, 1.165) is 70.4 Å². The molecule has 0 saturated carbocycles. The lowest BCUT2D eigenvalue weighted by atomic mass is 10.0. The number of nitrogens with zero attached hydrogens (tertiary/aromatic N) is 2. The smallest absolute Gasteiger partial charge is 0.249 e. The van der Waals surface area contributed by atoms with Crippen LogP contribution in [-0.2, 0) is 10.5 Å². The number of phenolic OH excluding ortho intramolecular Hbond substituents is 1. The van der Waals surface area contributed by atoms with Crippen molar-refractivity contribution in [3.8, 4) is 28.4 Å². The first-order valence-corrected chi connectivity index (χ1v) is 13.4. The maximum Gasteiger partial charge on any atom is 0.249 e. The minimum absolute atomic E-state index is 0.0744. The number of benzene rings is 3. The van der Waals surface area contributed by atoms with E-state index in [0.29, 0.717) is 11.3 Å². The second kappa shape index (κ2) is 11.1. The van der Waals surface area contributed by atoms with E-state index in [1.54, 1.807) is 23.9 Å². The van der Waals surface area contributed by atoms with Crippen LogP contribution in [0.2, 0.25) is 0 Å². The average Bonchev–Trinajstić information content (AvgIpc) is 3.61. The molecule has 2 aliphatic heterocycles. The van der Waals surface area contributed by atoms with Crippen molar-refractivity contribution in [3.63, 3.8) is 0 Å². The van der Waals surface area contributed by atoms with Crippen molar-refractivity contribution in [1.82, 2.24) is 4.90 Å². The van der Waals surface area contributed by atoms with E-state index in [1.807, 2.05) is 61.2 Å². The number of thioether (sulfide) groups is 1. The Balaban J connectivity index is 1.41. The van der Waals surface area contributed by atoms with Gasteiger partial charge in [0.2, 0.25) is 12.7 Å². The van der Waals surface area contributed by atoms with Gasteiger partial charge in [0.15, 0.2) is 11.5 Å². The molecule has 6 nitrogen and oxygen atoms in total. The van der Waals surface area contributed by atoms with Crippen LogP contribution in [0.25, 0.3) is 11.1 Å². The van der Waals surface area contributed by atoms with Crippen molar-refractivity contribution in [2.45, 2.75) is 32.4 Å². The van der Waals surface area contributed by atoms with Gasteiger partial charge in [0, 0.05) is 24.4 Å². The number of ether oxygens (including phenoxy) is 2. The van der Waals surface area contributed by atoms with Crippen LogP contribution in [0.4, 0.5) is 5.69 Å². The normalized spacial score (nSPS) is 15.4. The van der Waals surface area contributed by atoms with Gasteiger partial charge in [0.25, 0.3) is 0 Å². The van der Waals surface area contributed by atoms with Crippen LogP contribution >= 0.6 is 11.8 Å². The molecule has 3 aromatic rings. The van der Waals surface area contributed by atoms with E-state index < -0.39 is 0 Å². The molecule has 0 aliphatic carbocycles. The summed E-state index contributed by atoms with van der Waals surface area (Å²) < 4.78 is 11.0. The van der Waals surface area contributed by atoms with Crippen molar-refractivity contribution in [1.29, 1.82) is 0 Å². The number of hydrogen-bond acceptors (Lipinski definition) is 6. The van der Waals surface area contributed by atoms with Gasteiger partial charge in [-0.3, -0.25) is 4.79 Å². The summed E-state index contributed by atoms with van der Waals surface area (Å²) in [7, 11) is 0. The van der Waals surface area contributed by atoms with Crippen molar-refractivity contribution in [3.05, 3.63) is 83.4 Å². The lowest BCUT2D eigenvalue weighted by Gasteiger charge is -2.15. The van der Waals surface area contributed by atoms with Crippen LogP contribution < -0.4 is 9.47 Å². The third kappa shape index (κ3) is 6.00. The fourth-order valence-corrected chi connectivity index (χ4v) is 5.36. The number of carbonyl (C=O) groups is 1. The number of amides is 1. The molecule has 1 saturated heterocycles. The zero-order chi connectivity index (χ0) is 25.8. The van der Waals surface area contributed by atoms with Crippen molar-refractivity contribution < 1.29 is 19.4 Å². The lowest BCUT2D eigenvalue weighted by Crippen LogP contribution is -2.28. The third-order valence-corrected chi connectivity index (χ3v) is 7.51. The summed E-state index contributed by atoms with van der Waals surface area (Å²) in [4.78, 5) is 19.8. The van der Waals surface area contributed by atoms with Crippen molar-refractivity contribution >= 4 is 28.4 Å². The molecule has 0 unspecified atom stereocenters. The fraction of sp³-hybridized carbons (Fsp3) is 0.267. The maximum atomic E-state index is 12.9. The average molecular weight is 515 g/mol. The van der Waals surface area contributed by atoms with Gasteiger partial charge in [-0.1, -0.05) is 24.3 Å². The Hall–Kier alpha value is -3.71. The second-order valence-corrected chi connectivity index (χ2v) is 10.3. The Morgan fingerprint density at radius 2 is 1.70 bits per heavy atom. The molecule has 0 spiro atoms. The molecule has 3 aromatic carbocycles. The number of aliphatic imine (C=N–C) groups is 1. The Bertz CT molecular complexity index is 1360. The van der Waals surface area contributed by atoms with E-state index in [-0.39, 0.29) is 18.4 Å². The third-order valence-electron chi connectivity index (χ3n) is 6.53. The number of phenols is 1. The van der Waals surface area contributed by atoms with Crippen molar-refractivity contribution in [2.24, 2.45) is 4.99 Å². The Morgan fingerprint density at radius 1 is 1.00 bits per heavy atom. The minimum Gasteiger partial charge on any atom is -0.508 e. The number of aryl methyl sites for hydroxylation is 1. The molecule has 0 bridgehead atoms. The number of fused-ring (bicyclic) bond motifs is 1. The number of aromatic hydroxyl groups is 1. The molecule has 0 aromatic heterocycles. The predicted octanol–water partition coefficient (Wildman–Crippen LogP) is 6.63. The molecular formula is C30H30N2O4S. The highest BCUT2D eigenvalue weighted by atomic mass is 32.2. The zero-order valence-electron chi connectivity index (χ0n) is 21.1. The van der Waals surface area contributed by atoms with Crippen LogP contribution in [0.3, 0.4) is 0 Å². The minimum atomic E-state index is 0.0744. The summed E-state index contributed by atoms with van der Waals surface area (Å²) in [6, 6.07) is 19.3. The highest BCUT2D eigenvalue weighted by Crippen LogP contribution is 2.37. The molecule has 2 heterocycles. The molecule has 5 rings (SSSR count). The summed E-state index contributed by atoms with van der Waals surface area (Å²) >= 11 is 1.58. The monoisotopic (exact) mass is 514 g/mol. The van der Waals surface area contributed by atoms with Gasteiger partial charge in [0.1, 0.15) is 5.75 Å². The molecule has 0 radical (unpaired) electrons. The summed E-state index contributed by atoms with van der Waals surface area (Å²) in [5, 5.41) is 10.4. The molecule has 2 aliphatic rings. The Morgan fingerprint density at radius 3 is 2.46 bits per heavy atom. The van der Waals surface area contributed by atoms with Gasteiger partial charge in [-0.05, 0) is 91.4 Å². The second-order valence-electron chi connectivity index (χ2n) is 9.30. The standard InChI is InChI=1S/C30H30N2O4S/c1-20-15-23(24-8-12-27-28(17-24)36-19-35-27)7-11-26(20)31-29(37-18-22-5-9-25(33)10-6-22)16-21(2)30(34)32-13-3-4-14-32/h5-12,15-17,33H,3-4,13-14,18-19H2,1-2H3/b21-16+,31-29?. The Kier molecular flexibility index (Phi) is 7.51. The number of rotatable bonds is 6. The summed E-state index contributed by atoms with van der Waals surface area (Å²) in [6.45, 7) is 5.80. The lowest BCUT2D eigenvalue weighted by molar-refractivity contribution is -0.126. The van der Waals surface area contributed by atoms with Crippen LogP contribution in [-0.4, -0.2) is 40.8 Å². The van der Waals surface area contributed by atoms with Crippen LogP contribution in [0, 0.1) is 6.92 Å². The molecule has 37 heavy (non-hydrogen) atoms. The first-order chi connectivity index (χ1) is 18.0. The highest BCUT2D eigenvalue weighted by molar-refractivity contribution is 8.13. The van der Waals surface area contributed by atoms with E-state index >= 15 is 0 Å². The fourth-order valence-electron chi connectivity index (χ4n) is 4.43. The maximum absolute atomic E-state index is 12.9. The Labute approximate surface area is 221 Å². The molecular weight excluding hydrogens is 484 g/mol. The first-order valence-electron chi connectivity index (χ1n) is 12.4. The molecule has 1 N–H and O–H groups in total. The van der Waals surface area contributed by atoms with E-state index in [9.17, 15) is 9.90 Å². The molecule has 1 fully saturated rings. The van der Waals surface area contributed by atoms with Crippen LogP contribution in [0.15, 0.2) is 77.3 Å². The predicted molar refractivity (Wildman–Crippen MR) is 149 cm³/mol. The zero-order valence-corrected chi connectivity index (χ0v) is 21.9. The number of hydrogen-bond donors (Lipinski definition) is 1. The van der Waals surface area contributed by atoms with Gasteiger partial charge in [-0.2, -0.15) is 0 Å². The van der Waals surface area contributed by atoms with Gasteiger partial charge >= 0.3 is 0 Å². The summed E-state index contributed by atoms with van der Waals surface area (Å²) in [6.07, 6.45) is 4.02. The van der Waals surface area contributed by atoms with Gasteiger partial charge in [-0.15, -0.1) is 11.8 Å². The number of carbonyl (C=O) groups excluding carboxylic acids is 1. The van der Waals surface area contributed by atoms with Crippen LogP contribution in [0.5, 0.6) is 17.2 Å². The van der Waals surface area contributed by atoms with Crippen LogP contribution in [0.1, 0.15) is 30.9 Å². The quantitative estimate of drug-likeness (QED) is 0.227. The van der Waals surface area contributed by atoms with Gasteiger partial charge in [-0.25, -0.2) is 4.99 Å².